The van der Waals surface area contributed by atoms with Gasteiger partial charge in [0.2, 0.25) is 0 Å². The van der Waals surface area contributed by atoms with E-state index in [1.165, 1.54) is 24.9 Å². The quantitative estimate of drug-likeness (QED) is 0.771. The third kappa shape index (κ3) is 3.12. The average molecular weight is 244 g/mol. The Morgan fingerprint density at radius 2 is 1.89 bits per heavy atom. The van der Waals surface area contributed by atoms with Gasteiger partial charge in [0.15, 0.2) is 0 Å². The highest BCUT2D eigenvalue weighted by Crippen LogP contribution is 2.25. The van der Waals surface area contributed by atoms with Crippen LogP contribution >= 0.6 is 0 Å². The van der Waals surface area contributed by atoms with Gasteiger partial charge in [-0.25, -0.2) is 0 Å². The standard InChI is InChI=1S/C16H24N2/c1-2-3-10-15(17)14-9-5-6-11-16(14)18-12-7-4-8-13-18/h5-6,9,11,17H,2-4,7-8,10,12-13H2,1H3. The zero-order valence-corrected chi connectivity index (χ0v) is 11.4. The van der Waals surface area contributed by atoms with Crippen LogP contribution in [0, 0.1) is 5.41 Å². The van der Waals surface area contributed by atoms with Crippen molar-refractivity contribution in [1.82, 2.24) is 0 Å². The number of benzene rings is 1. The highest BCUT2D eigenvalue weighted by molar-refractivity contribution is 6.03. The molecule has 1 saturated heterocycles. The molecule has 1 N–H and O–H groups in total. The summed E-state index contributed by atoms with van der Waals surface area (Å²) in [6, 6.07) is 8.45. The summed E-state index contributed by atoms with van der Waals surface area (Å²) in [7, 11) is 0. The van der Waals surface area contributed by atoms with Gasteiger partial charge >= 0.3 is 0 Å². The van der Waals surface area contributed by atoms with E-state index < -0.39 is 0 Å². The molecule has 0 unspecified atom stereocenters. The second kappa shape index (κ2) is 6.58. The first-order valence-electron chi connectivity index (χ1n) is 7.24. The Morgan fingerprint density at radius 1 is 1.17 bits per heavy atom. The molecular formula is C16H24N2. The summed E-state index contributed by atoms with van der Waals surface area (Å²) < 4.78 is 0. The maximum absolute atomic E-state index is 8.27. The highest BCUT2D eigenvalue weighted by atomic mass is 15.1. The van der Waals surface area contributed by atoms with E-state index >= 15 is 0 Å². The fourth-order valence-electron chi connectivity index (χ4n) is 2.63. The van der Waals surface area contributed by atoms with Gasteiger partial charge in [0.05, 0.1) is 0 Å². The fourth-order valence-corrected chi connectivity index (χ4v) is 2.63. The zero-order chi connectivity index (χ0) is 12.8. The van der Waals surface area contributed by atoms with Crippen molar-refractivity contribution in [1.29, 1.82) is 5.41 Å². The van der Waals surface area contributed by atoms with Crippen LogP contribution in [-0.2, 0) is 0 Å². The minimum absolute atomic E-state index is 0.804. The van der Waals surface area contributed by atoms with Gasteiger partial charge in [0, 0.05) is 30.1 Å². The van der Waals surface area contributed by atoms with Crippen LogP contribution in [0.5, 0.6) is 0 Å². The third-order valence-corrected chi connectivity index (χ3v) is 3.71. The summed E-state index contributed by atoms with van der Waals surface area (Å²) in [5.74, 6) is 0. The molecule has 2 nitrogen and oxygen atoms in total. The minimum Gasteiger partial charge on any atom is -0.371 e. The van der Waals surface area contributed by atoms with Crippen molar-refractivity contribution >= 4 is 11.4 Å². The Hall–Kier alpha value is -1.31. The van der Waals surface area contributed by atoms with Crippen LogP contribution in [-0.4, -0.2) is 18.8 Å². The van der Waals surface area contributed by atoms with Crippen molar-refractivity contribution < 1.29 is 0 Å². The number of piperidine rings is 1. The van der Waals surface area contributed by atoms with Crippen molar-refractivity contribution in [3.8, 4) is 0 Å². The summed E-state index contributed by atoms with van der Waals surface area (Å²) in [5, 5.41) is 8.27. The van der Waals surface area contributed by atoms with Crippen molar-refractivity contribution in [2.45, 2.75) is 45.4 Å². The summed E-state index contributed by atoms with van der Waals surface area (Å²) in [6.07, 6.45) is 7.11. The Kier molecular flexibility index (Phi) is 4.80. The topological polar surface area (TPSA) is 27.1 Å². The van der Waals surface area contributed by atoms with E-state index in [4.69, 9.17) is 5.41 Å². The molecule has 0 bridgehead atoms. The molecule has 0 saturated carbocycles. The number of nitrogens with zero attached hydrogens (tertiary/aromatic N) is 1. The number of hydrogen-bond acceptors (Lipinski definition) is 2. The molecule has 2 rings (SSSR count). The second-order valence-electron chi connectivity index (χ2n) is 5.15. The van der Waals surface area contributed by atoms with Crippen LogP contribution in [0.25, 0.3) is 0 Å². The molecule has 2 heteroatoms. The Bertz CT molecular complexity index is 392. The second-order valence-corrected chi connectivity index (χ2v) is 5.15. The van der Waals surface area contributed by atoms with E-state index in [9.17, 15) is 0 Å². The lowest BCUT2D eigenvalue weighted by Gasteiger charge is -2.30. The molecule has 1 aliphatic heterocycles. The molecule has 0 aliphatic carbocycles. The monoisotopic (exact) mass is 244 g/mol. The average Bonchev–Trinajstić information content (AvgIpc) is 2.45. The summed E-state index contributed by atoms with van der Waals surface area (Å²) in [6.45, 7) is 4.49. The van der Waals surface area contributed by atoms with Gasteiger partial charge in [-0.3, -0.25) is 0 Å². The predicted molar refractivity (Wildman–Crippen MR) is 78.9 cm³/mol. The zero-order valence-electron chi connectivity index (χ0n) is 11.4. The van der Waals surface area contributed by atoms with Gasteiger partial charge in [0.1, 0.15) is 0 Å². The van der Waals surface area contributed by atoms with Gasteiger partial charge in [0.25, 0.3) is 0 Å². The lowest BCUT2D eigenvalue weighted by molar-refractivity contribution is 0.577. The van der Waals surface area contributed by atoms with Gasteiger partial charge in [-0.1, -0.05) is 31.5 Å². The molecule has 0 amide bonds. The number of nitrogens with one attached hydrogen (secondary N) is 1. The molecule has 1 aliphatic rings. The highest BCUT2D eigenvalue weighted by Gasteiger charge is 2.15. The third-order valence-electron chi connectivity index (χ3n) is 3.71. The Labute approximate surface area is 111 Å². The van der Waals surface area contributed by atoms with E-state index in [2.05, 4.69) is 36.1 Å². The van der Waals surface area contributed by atoms with E-state index in [1.54, 1.807) is 0 Å². The largest absolute Gasteiger partial charge is 0.371 e. The first kappa shape index (κ1) is 13.1. The number of hydrogen-bond donors (Lipinski definition) is 1. The van der Waals surface area contributed by atoms with Crippen LogP contribution in [0.2, 0.25) is 0 Å². The smallest absolute Gasteiger partial charge is 0.0458 e. The van der Waals surface area contributed by atoms with Crippen LogP contribution in [0.1, 0.15) is 51.0 Å². The maximum atomic E-state index is 8.27. The van der Waals surface area contributed by atoms with Crippen LogP contribution < -0.4 is 4.90 Å². The van der Waals surface area contributed by atoms with E-state index in [-0.39, 0.29) is 0 Å². The molecule has 98 valence electrons. The molecule has 0 radical (unpaired) electrons. The summed E-state index contributed by atoms with van der Waals surface area (Å²) >= 11 is 0. The number of anilines is 1. The van der Waals surface area contributed by atoms with Crippen molar-refractivity contribution in [2.24, 2.45) is 0 Å². The molecule has 1 aromatic rings. The van der Waals surface area contributed by atoms with Crippen LogP contribution in [0.15, 0.2) is 24.3 Å². The summed E-state index contributed by atoms with van der Waals surface area (Å²) in [5.41, 5.74) is 3.23. The van der Waals surface area contributed by atoms with Gasteiger partial charge in [-0.15, -0.1) is 0 Å². The lowest BCUT2D eigenvalue weighted by atomic mass is 10.0. The normalized spacial score (nSPS) is 15.7. The van der Waals surface area contributed by atoms with E-state index in [1.807, 2.05) is 0 Å². The van der Waals surface area contributed by atoms with Gasteiger partial charge in [-0.2, -0.15) is 0 Å². The van der Waals surface area contributed by atoms with Crippen LogP contribution in [0.3, 0.4) is 0 Å². The van der Waals surface area contributed by atoms with E-state index in [0.29, 0.717) is 0 Å². The van der Waals surface area contributed by atoms with Crippen molar-refractivity contribution in [3.05, 3.63) is 29.8 Å². The molecule has 18 heavy (non-hydrogen) atoms. The Balaban J connectivity index is 2.16. The first-order chi connectivity index (χ1) is 8.83. The number of rotatable bonds is 5. The van der Waals surface area contributed by atoms with Crippen molar-refractivity contribution in [3.63, 3.8) is 0 Å². The molecule has 1 fully saturated rings. The number of unbranched alkanes of at least 4 members (excludes halogenated alkanes) is 1. The minimum atomic E-state index is 0.804. The Morgan fingerprint density at radius 3 is 2.61 bits per heavy atom. The SMILES string of the molecule is CCCCC(=N)c1ccccc1N1CCCCC1. The van der Waals surface area contributed by atoms with E-state index in [0.717, 1.165) is 43.6 Å². The maximum Gasteiger partial charge on any atom is 0.0458 e. The molecule has 1 heterocycles. The molecule has 1 aromatic carbocycles. The molecule has 0 spiro atoms. The first-order valence-corrected chi connectivity index (χ1v) is 7.24. The number of para-hydroxylation sites is 1. The summed E-state index contributed by atoms with van der Waals surface area (Å²) in [4.78, 5) is 2.46. The van der Waals surface area contributed by atoms with Gasteiger partial charge < -0.3 is 10.3 Å². The molecular weight excluding hydrogens is 220 g/mol. The molecule has 0 atom stereocenters. The van der Waals surface area contributed by atoms with Crippen molar-refractivity contribution in [2.75, 3.05) is 18.0 Å². The van der Waals surface area contributed by atoms with Crippen LogP contribution in [0.4, 0.5) is 5.69 Å². The predicted octanol–water partition coefficient (Wildman–Crippen LogP) is 4.23. The lowest BCUT2D eigenvalue weighted by Crippen LogP contribution is -2.30. The fraction of sp³-hybridized carbons (Fsp3) is 0.562. The molecule has 0 aromatic heterocycles. The van der Waals surface area contributed by atoms with Gasteiger partial charge in [-0.05, 0) is 38.2 Å².